The summed E-state index contributed by atoms with van der Waals surface area (Å²) in [5, 5.41) is 3.98. The Morgan fingerprint density at radius 1 is 1.16 bits per heavy atom. The van der Waals surface area contributed by atoms with Crippen molar-refractivity contribution in [2.45, 2.75) is 0 Å². The fourth-order valence-corrected chi connectivity index (χ4v) is 3.27. The highest BCUT2D eigenvalue weighted by atomic mass is 79.9. The van der Waals surface area contributed by atoms with Crippen LogP contribution in [-0.2, 0) is 0 Å². The van der Waals surface area contributed by atoms with Crippen LogP contribution in [0.5, 0.6) is 0 Å². The second-order valence-electron chi connectivity index (χ2n) is 3.73. The number of nitrogens with two attached hydrogens (primary N) is 1. The number of nitrogen functional groups attached to an aromatic ring is 1. The highest BCUT2D eigenvalue weighted by Gasteiger charge is 2.15. The Kier molecular flexibility index (Phi) is 3.42. The summed E-state index contributed by atoms with van der Waals surface area (Å²) in [6.45, 7) is 0. The molecule has 0 bridgehead atoms. The molecule has 0 saturated heterocycles. The summed E-state index contributed by atoms with van der Waals surface area (Å²) in [5.74, 6) is 0.975. The van der Waals surface area contributed by atoms with Crippen LogP contribution in [0.1, 0.15) is 0 Å². The Hall–Kier alpha value is -1.18. The standard InChI is InChI=1S/C12H7Br2N3OS/c13-7-3-1-2-6(10(7)15)12-16-11(17-18-12)8-4-5-9(14)19-8/h1-5H,15H2. The molecular formula is C12H7Br2N3OS. The zero-order valence-corrected chi connectivity index (χ0v) is 13.4. The van der Waals surface area contributed by atoms with Crippen LogP contribution in [0.25, 0.3) is 22.2 Å². The molecule has 3 rings (SSSR count). The van der Waals surface area contributed by atoms with Gasteiger partial charge in [0.1, 0.15) is 0 Å². The molecule has 2 aromatic heterocycles. The van der Waals surface area contributed by atoms with Gasteiger partial charge in [0.05, 0.1) is 19.9 Å². The van der Waals surface area contributed by atoms with Gasteiger partial charge >= 0.3 is 0 Å². The number of para-hydroxylation sites is 1. The number of hydrogen-bond acceptors (Lipinski definition) is 5. The third kappa shape index (κ3) is 2.45. The summed E-state index contributed by atoms with van der Waals surface area (Å²) in [6.07, 6.45) is 0. The number of hydrogen-bond donors (Lipinski definition) is 1. The molecule has 0 saturated carbocycles. The van der Waals surface area contributed by atoms with Gasteiger partial charge in [-0.1, -0.05) is 11.2 Å². The monoisotopic (exact) mass is 399 g/mol. The molecule has 0 fully saturated rings. The molecule has 0 unspecified atom stereocenters. The number of anilines is 1. The van der Waals surface area contributed by atoms with Gasteiger partial charge in [0.15, 0.2) is 0 Å². The highest BCUT2D eigenvalue weighted by molar-refractivity contribution is 9.11. The van der Waals surface area contributed by atoms with E-state index in [4.69, 9.17) is 10.3 Å². The number of rotatable bonds is 2. The smallest absolute Gasteiger partial charge is 0.260 e. The third-order valence-electron chi connectivity index (χ3n) is 2.50. The predicted octanol–water partition coefficient (Wildman–Crippen LogP) is 4.57. The second-order valence-corrected chi connectivity index (χ2v) is 7.05. The van der Waals surface area contributed by atoms with Crippen molar-refractivity contribution in [3.05, 3.63) is 38.6 Å². The summed E-state index contributed by atoms with van der Waals surface area (Å²) in [6, 6.07) is 9.48. The molecule has 4 nitrogen and oxygen atoms in total. The molecule has 1 aromatic carbocycles. The first-order valence-electron chi connectivity index (χ1n) is 5.29. The minimum absolute atomic E-state index is 0.415. The fraction of sp³-hybridized carbons (Fsp3) is 0. The number of thiophene rings is 1. The van der Waals surface area contributed by atoms with Crippen LogP contribution < -0.4 is 5.73 Å². The molecule has 0 amide bonds. The maximum atomic E-state index is 5.99. The van der Waals surface area contributed by atoms with Gasteiger partial charge in [0.25, 0.3) is 5.89 Å². The van der Waals surface area contributed by atoms with Crippen molar-refractivity contribution in [1.29, 1.82) is 0 Å². The lowest BCUT2D eigenvalue weighted by Gasteiger charge is -2.01. The molecule has 19 heavy (non-hydrogen) atoms. The first kappa shape index (κ1) is 12.8. The summed E-state index contributed by atoms with van der Waals surface area (Å²) >= 11 is 8.34. The highest BCUT2D eigenvalue weighted by Crippen LogP contribution is 2.34. The van der Waals surface area contributed by atoms with Crippen molar-refractivity contribution in [2.75, 3.05) is 5.73 Å². The van der Waals surface area contributed by atoms with Gasteiger partial charge in [-0.2, -0.15) is 4.98 Å². The van der Waals surface area contributed by atoms with E-state index in [0.717, 1.165) is 18.7 Å². The lowest BCUT2D eigenvalue weighted by Crippen LogP contribution is -1.91. The van der Waals surface area contributed by atoms with Crippen molar-refractivity contribution in [3.8, 4) is 22.2 Å². The van der Waals surface area contributed by atoms with Crippen molar-refractivity contribution in [1.82, 2.24) is 10.1 Å². The maximum Gasteiger partial charge on any atom is 0.260 e. The van der Waals surface area contributed by atoms with Gasteiger partial charge in [-0.15, -0.1) is 11.3 Å². The van der Waals surface area contributed by atoms with Gasteiger partial charge in [0, 0.05) is 4.47 Å². The van der Waals surface area contributed by atoms with Crippen LogP contribution in [-0.4, -0.2) is 10.1 Å². The molecule has 2 heterocycles. The lowest BCUT2D eigenvalue weighted by molar-refractivity contribution is 0.432. The van der Waals surface area contributed by atoms with E-state index in [1.165, 1.54) is 0 Å². The van der Waals surface area contributed by atoms with Crippen molar-refractivity contribution in [2.24, 2.45) is 0 Å². The lowest BCUT2D eigenvalue weighted by atomic mass is 10.2. The maximum absolute atomic E-state index is 5.99. The van der Waals surface area contributed by atoms with Crippen molar-refractivity contribution in [3.63, 3.8) is 0 Å². The Balaban J connectivity index is 2.04. The predicted molar refractivity (Wildman–Crippen MR) is 82.9 cm³/mol. The molecule has 3 aromatic rings. The average molecular weight is 401 g/mol. The van der Waals surface area contributed by atoms with E-state index >= 15 is 0 Å². The van der Waals surface area contributed by atoms with E-state index in [1.807, 2.05) is 30.3 Å². The molecular weight excluding hydrogens is 394 g/mol. The summed E-state index contributed by atoms with van der Waals surface area (Å²) in [5.41, 5.74) is 7.30. The summed E-state index contributed by atoms with van der Waals surface area (Å²) in [4.78, 5) is 5.32. The summed E-state index contributed by atoms with van der Waals surface area (Å²) in [7, 11) is 0. The SMILES string of the molecule is Nc1c(Br)cccc1-c1nc(-c2ccc(Br)s2)no1. The van der Waals surface area contributed by atoms with E-state index in [9.17, 15) is 0 Å². The molecule has 7 heteroatoms. The number of nitrogens with zero attached hydrogens (tertiary/aromatic N) is 2. The van der Waals surface area contributed by atoms with Gasteiger partial charge < -0.3 is 10.3 Å². The number of aromatic nitrogens is 2. The van der Waals surface area contributed by atoms with E-state index < -0.39 is 0 Å². The van der Waals surface area contributed by atoms with Crippen LogP contribution in [0.3, 0.4) is 0 Å². The van der Waals surface area contributed by atoms with Gasteiger partial charge in [-0.3, -0.25) is 0 Å². The Labute approximate surface area is 129 Å². The molecule has 0 aliphatic heterocycles. The van der Waals surface area contributed by atoms with Crippen LogP contribution in [0.2, 0.25) is 0 Å². The fourth-order valence-electron chi connectivity index (χ4n) is 1.59. The molecule has 0 aliphatic rings. The first-order valence-corrected chi connectivity index (χ1v) is 7.69. The largest absolute Gasteiger partial charge is 0.397 e. The van der Waals surface area contributed by atoms with Gasteiger partial charge in [-0.05, 0) is 56.1 Å². The van der Waals surface area contributed by atoms with Crippen molar-refractivity contribution >= 4 is 48.9 Å². The topological polar surface area (TPSA) is 64.9 Å². The minimum Gasteiger partial charge on any atom is -0.397 e. The molecule has 0 atom stereocenters. The van der Waals surface area contributed by atoms with Crippen LogP contribution in [0, 0.1) is 0 Å². The van der Waals surface area contributed by atoms with E-state index in [0.29, 0.717) is 17.4 Å². The minimum atomic E-state index is 0.415. The molecule has 96 valence electrons. The Morgan fingerprint density at radius 2 is 2.00 bits per heavy atom. The van der Waals surface area contributed by atoms with E-state index in [2.05, 4.69) is 42.0 Å². The summed E-state index contributed by atoms with van der Waals surface area (Å²) < 4.78 is 7.11. The molecule has 2 N–H and O–H groups in total. The molecule has 0 aliphatic carbocycles. The van der Waals surface area contributed by atoms with Gasteiger partial charge in [0.2, 0.25) is 5.82 Å². The average Bonchev–Trinajstić information content (AvgIpc) is 3.01. The zero-order chi connectivity index (χ0) is 13.4. The van der Waals surface area contributed by atoms with Gasteiger partial charge in [-0.25, -0.2) is 0 Å². The Morgan fingerprint density at radius 3 is 2.74 bits per heavy atom. The van der Waals surface area contributed by atoms with Crippen LogP contribution >= 0.6 is 43.2 Å². The molecule has 0 radical (unpaired) electrons. The first-order chi connectivity index (χ1) is 9.15. The quantitative estimate of drug-likeness (QED) is 0.639. The van der Waals surface area contributed by atoms with Crippen molar-refractivity contribution < 1.29 is 4.52 Å². The second kappa shape index (κ2) is 5.07. The normalized spacial score (nSPS) is 10.8. The molecule has 0 spiro atoms. The third-order valence-corrected chi connectivity index (χ3v) is 4.81. The van der Waals surface area contributed by atoms with E-state index in [-0.39, 0.29) is 0 Å². The number of benzene rings is 1. The number of halogens is 2. The Bertz CT molecular complexity index is 738. The zero-order valence-electron chi connectivity index (χ0n) is 9.43. The van der Waals surface area contributed by atoms with Crippen LogP contribution in [0.15, 0.2) is 43.1 Å². The van der Waals surface area contributed by atoms with Crippen LogP contribution in [0.4, 0.5) is 5.69 Å². The van der Waals surface area contributed by atoms with E-state index in [1.54, 1.807) is 11.3 Å².